The topological polar surface area (TPSA) is 55.5 Å². The number of aliphatic hydroxyl groups is 1. The summed E-state index contributed by atoms with van der Waals surface area (Å²) >= 11 is 3.43. The minimum atomic E-state index is -0.656. The molecular formula is C12H18BrNO2. The summed E-state index contributed by atoms with van der Waals surface area (Å²) in [5.41, 5.74) is 7.64. The third-order valence-corrected chi connectivity index (χ3v) is 3.23. The van der Waals surface area contributed by atoms with Crippen LogP contribution in [0.15, 0.2) is 16.6 Å². The molecule has 0 aliphatic heterocycles. The van der Waals surface area contributed by atoms with Gasteiger partial charge in [-0.2, -0.15) is 0 Å². The van der Waals surface area contributed by atoms with Crippen molar-refractivity contribution < 1.29 is 9.84 Å². The van der Waals surface area contributed by atoms with Gasteiger partial charge in [0.15, 0.2) is 0 Å². The number of aryl methyl sites for hydroxylation is 1. The molecule has 0 aromatic heterocycles. The molecule has 0 amide bonds. The third-order valence-electron chi connectivity index (χ3n) is 2.61. The van der Waals surface area contributed by atoms with Crippen molar-refractivity contribution in [3.8, 4) is 5.75 Å². The third kappa shape index (κ3) is 2.75. The van der Waals surface area contributed by atoms with Gasteiger partial charge in [0, 0.05) is 6.04 Å². The van der Waals surface area contributed by atoms with E-state index in [4.69, 9.17) is 10.5 Å². The number of hydrogen-bond donors (Lipinski definition) is 2. The molecule has 0 saturated carbocycles. The number of rotatable bonds is 4. The maximum absolute atomic E-state index is 10.0. The number of halogens is 1. The van der Waals surface area contributed by atoms with Crippen molar-refractivity contribution >= 4 is 15.9 Å². The van der Waals surface area contributed by atoms with E-state index < -0.39 is 6.10 Å². The van der Waals surface area contributed by atoms with Crippen LogP contribution in [0.3, 0.4) is 0 Å². The molecule has 16 heavy (non-hydrogen) atoms. The van der Waals surface area contributed by atoms with Crippen molar-refractivity contribution in [2.45, 2.75) is 32.4 Å². The predicted octanol–water partition coefficient (Wildman–Crippen LogP) is 2.40. The van der Waals surface area contributed by atoms with Crippen molar-refractivity contribution in [2.24, 2.45) is 5.73 Å². The molecule has 0 spiro atoms. The number of ether oxygens (including phenoxy) is 1. The van der Waals surface area contributed by atoms with Gasteiger partial charge in [-0.1, -0.05) is 6.92 Å². The molecule has 0 aliphatic carbocycles. The van der Waals surface area contributed by atoms with E-state index in [2.05, 4.69) is 15.9 Å². The number of methoxy groups -OCH3 is 1. The summed E-state index contributed by atoms with van der Waals surface area (Å²) in [6, 6.07) is 3.52. The quantitative estimate of drug-likeness (QED) is 0.894. The van der Waals surface area contributed by atoms with Gasteiger partial charge >= 0.3 is 0 Å². The standard InChI is InChI=1S/C12H18BrNO2/c1-4-8-5-10(13)11(16-3)6-9(8)12(15)7(2)14/h5-7,12,15H,4,14H2,1-3H3/t7-,12+/m1/s1. The molecule has 3 nitrogen and oxygen atoms in total. The van der Waals surface area contributed by atoms with E-state index in [1.807, 2.05) is 19.1 Å². The Morgan fingerprint density at radius 1 is 1.50 bits per heavy atom. The minimum Gasteiger partial charge on any atom is -0.496 e. The van der Waals surface area contributed by atoms with Crippen molar-refractivity contribution in [3.63, 3.8) is 0 Å². The van der Waals surface area contributed by atoms with E-state index in [1.54, 1.807) is 14.0 Å². The van der Waals surface area contributed by atoms with Gasteiger partial charge in [-0.25, -0.2) is 0 Å². The molecule has 2 atom stereocenters. The van der Waals surface area contributed by atoms with Crippen molar-refractivity contribution in [1.29, 1.82) is 0 Å². The van der Waals surface area contributed by atoms with Crippen LogP contribution in [0.25, 0.3) is 0 Å². The molecule has 1 aromatic carbocycles. The lowest BCUT2D eigenvalue weighted by Crippen LogP contribution is -2.25. The number of benzene rings is 1. The lowest BCUT2D eigenvalue weighted by molar-refractivity contribution is 0.152. The Hall–Kier alpha value is -0.580. The summed E-state index contributed by atoms with van der Waals surface area (Å²) in [7, 11) is 1.60. The van der Waals surface area contributed by atoms with Gasteiger partial charge in [0.05, 0.1) is 17.7 Å². The second-order valence-corrected chi connectivity index (χ2v) is 4.70. The SMILES string of the molecule is CCc1cc(Br)c(OC)cc1[C@@H](O)[C@@H](C)N. The summed E-state index contributed by atoms with van der Waals surface area (Å²) in [5.74, 6) is 0.715. The van der Waals surface area contributed by atoms with E-state index in [0.717, 1.165) is 22.0 Å². The second kappa shape index (κ2) is 5.66. The largest absolute Gasteiger partial charge is 0.496 e. The average molecular weight is 288 g/mol. The molecule has 0 fully saturated rings. The van der Waals surface area contributed by atoms with Crippen LogP contribution >= 0.6 is 15.9 Å². The van der Waals surface area contributed by atoms with Crippen LogP contribution in [-0.4, -0.2) is 18.3 Å². The van der Waals surface area contributed by atoms with Crippen molar-refractivity contribution in [1.82, 2.24) is 0 Å². The first-order chi connectivity index (χ1) is 7.51. The fraction of sp³-hybridized carbons (Fsp3) is 0.500. The highest BCUT2D eigenvalue weighted by molar-refractivity contribution is 9.10. The zero-order chi connectivity index (χ0) is 12.3. The van der Waals surface area contributed by atoms with E-state index in [0.29, 0.717) is 5.75 Å². The predicted molar refractivity (Wildman–Crippen MR) is 68.7 cm³/mol. The van der Waals surface area contributed by atoms with Gasteiger partial charge in [0.25, 0.3) is 0 Å². The summed E-state index contributed by atoms with van der Waals surface area (Å²) in [6.07, 6.45) is 0.193. The number of aliphatic hydroxyl groups excluding tert-OH is 1. The molecule has 3 N–H and O–H groups in total. The van der Waals surface area contributed by atoms with Crippen LogP contribution in [0.4, 0.5) is 0 Å². The molecule has 0 unspecified atom stereocenters. The maximum Gasteiger partial charge on any atom is 0.133 e. The summed E-state index contributed by atoms with van der Waals surface area (Å²) < 4.78 is 6.11. The van der Waals surface area contributed by atoms with Crippen LogP contribution in [0.5, 0.6) is 5.75 Å². The zero-order valence-corrected chi connectivity index (χ0v) is 11.4. The van der Waals surface area contributed by atoms with Gasteiger partial charge < -0.3 is 15.6 Å². The van der Waals surface area contributed by atoms with Gasteiger partial charge in [-0.05, 0) is 52.5 Å². The van der Waals surface area contributed by atoms with Crippen LogP contribution in [0.2, 0.25) is 0 Å². The zero-order valence-electron chi connectivity index (χ0n) is 9.83. The van der Waals surface area contributed by atoms with Gasteiger partial charge in [0.1, 0.15) is 5.75 Å². The number of nitrogens with two attached hydrogens (primary N) is 1. The monoisotopic (exact) mass is 287 g/mol. The second-order valence-electron chi connectivity index (χ2n) is 3.84. The highest BCUT2D eigenvalue weighted by Crippen LogP contribution is 2.32. The summed E-state index contributed by atoms with van der Waals surface area (Å²) in [5, 5.41) is 10.0. The van der Waals surface area contributed by atoms with Gasteiger partial charge in [0.2, 0.25) is 0 Å². The maximum atomic E-state index is 10.0. The van der Waals surface area contributed by atoms with E-state index in [9.17, 15) is 5.11 Å². The summed E-state index contributed by atoms with van der Waals surface area (Å²) in [6.45, 7) is 3.84. The Bertz CT molecular complexity index is 366. The summed E-state index contributed by atoms with van der Waals surface area (Å²) in [4.78, 5) is 0. The molecule has 1 rings (SSSR count). The first kappa shape index (κ1) is 13.5. The molecule has 0 radical (unpaired) electrons. The molecule has 90 valence electrons. The molecule has 1 aromatic rings. The van der Waals surface area contributed by atoms with Crippen LogP contribution in [0, 0.1) is 0 Å². The molecule has 0 heterocycles. The van der Waals surface area contributed by atoms with Crippen LogP contribution in [-0.2, 0) is 6.42 Å². The van der Waals surface area contributed by atoms with E-state index in [1.165, 1.54) is 0 Å². The average Bonchev–Trinajstić information content (AvgIpc) is 2.27. The lowest BCUT2D eigenvalue weighted by atomic mass is 9.96. The Morgan fingerprint density at radius 3 is 2.56 bits per heavy atom. The Morgan fingerprint density at radius 2 is 2.12 bits per heavy atom. The Balaban J connectivity index is 3.24. The highest BCUT2D eigenvalue weighted by Gasteiger charge is 2.18. The van der Waals surface area contributed by atoms with E-state index in [-0.39, 0.29) is 6.04 Å². The Labute approximate surface area is 105 Å². The normalized spacial score (nSPS) is 14.6. The minimum absolute atomic E-state index is 0.295. The van der Waals surface area contributed by atoms with E-state index >= 15 is 0 Å². The fourth-order valence-corrected chi connectivity index (χ4v) is 2.18. The Kier molecular flexibility index (Phi) is 4.77. The molecular weight excluding hydrogens is 270 g/mol. The number of hydrogen-bond acceptors (Lipinski definition) is 3. The molecule has 4 heteroatoms. The van der Waals surface area contributed by atoms with Gasteiger partial charge in [-0.15, -0.1) is 0 Å². The van der Waals surface area contributed by atoms with Crippen LogP contribution in [0.1, 0.15) is 31.1 Å². The molecule has 0 saturated heterocycles. The highest BCUT2D eigenvalue weighted by atomic mass is 79.9. The smallest absolute Gasteiger partial charge is 0.133 e. The van der Waals surface area contributed by atoms with Gasteiger partial charge in [-0.3, -0.25) is 0 Å². The lowest BCUT2D eigenvalue weighted by Gasteiger charge is -2.19. The van der Waals surface area contributed by atoms with Crippen molar-refractivity contribution in [2.75, 3.05) is 7.11 Å². The molecule has 0 bridgehead atoms. The first-order valence-corrected chi connectivity index (χ1v) is 6.10. The van der Waals surface area contributed by atoms with Crippen molar-refractivity contribution in [3.05, 3.63) is 27.7 Å². The first-order valence-electron chi connectivity index (χ1n) is 5.31. The fourth-order valence-electron chi connectivity index (χ4n) is 1.63. The molecule has 0 aliphatic rings. The van der Waals surface area contributed by atoms with Crippen LogP contribution < -0.4 is 10.5 Å².